The molecule has 0 aliphatic carbocycles. The van der Waals surface area contributed by atoms with Crippen LogP contribution in [0.1, 0.15) is 32.6 Å². The molecule has 3 amide bonds. The Balaban J connectivity index is 1.28. The van der Waals surface area contributed by atoms with Crippen LogP contribution in [-0.4, -0.2) is 58.1 Å². The zero-order chi connectivity index (χ0) is 29.1. The molecule has 0 unspecified atom stereocenters. The summed E-state index contributed by atoms with van der Waals surface area (Å²) in [5.74, 6) is -0.924. The first kappa shape index (κ1) is 28.7. The number of benzene rings is 3. The molecule has 0 bridgehead atoms. The summed E-state index contributed by atoms with van der Waals surface area (Å²) in [5.41, 5.74) is 3.75. The predicted octanol–water partition coefficient (Wildman–Crippen LogP) is 5.20. The van der Waals surface area contributed by atoms with E-state index in [1.165, 1.54) is 18.7 Å². The average Bonchev–Trinajstić information content (AvgIpc) is 3.23. The maximum absolute atomic E-state index is 13.1. The molecular weight excluding hydrogens is 659 g/mol. The number of rotatable bonds is 8. The van der Waals surface area contributed by atoms with Gasteiger partial charge in [0.1, 0.15) is 13.2 Å². The monoisotopic (exact) mass is 684 g/mol. The number of thioether (sulfide) groups is 1. The van der Waals surface area contributed by atoms with Gasteiger partial charge in [0.05, 0.1) is 21.1 Å². The van der Waals surface area contributed by atoms with E-state index in [1.807, 2.05) is 24.3 Å². The molecule has 2 aliphatic heterocycles. The summed E-state index contributed by atoms with van der Waals surface area (Å²) in [5, 5.41) is 8.73. The Hall–Kier alpha value is -3.84. The summed E-state index contributed by atoms with van der Waals surface area (Å²) in [6, 6.07) is 17.9. The van der Waals surface area contributed by atoms with Crippen molar-refractivity contribution >= 4 is 63.5 Å². The summed E-state index contributed by atoms with van der Waals surface area (Å²) in [6.45, 7) is 0.821. The number of aromatic carboxylic acids is 1. The van der Waals surface area contributed by atoms with E-state index < -0.39 is 17.1 Å². The van der Waals surface area contributed by atoms with Gasteiger partial charge in [0.2, 0.25) is 5.91 Å². The van der Waals surface area contributed by atoms with Crippen LogP contribution in [0.25, 0.3) is 6.08 Å². The Kier molecular flexibility index (Phi) is 8.64. The van der Waals surface area contributed by atoms with E-state index in [1.54, 1.807) is 41.3 Å². The highest BCUT2D eigenvalue weighted by Crippen LogP contribution is 2.38. The molecule has 0 atom stereocenters. The van der Waals surface area contributed by atoms with Crippen LogP contribution in [0.2, 0.25) is 0 Å². The summed E-state index contributed by atoms with van der Waals surface area (Å²) in [7, 11) is 1.49. The number of methoxy groups -OCH3 is 1. The number of carboxylic acids is 1. The highest BCUT2D eigenvalue weighted by Gasteiger charge is 2.37. The molecule has 1 N–H and O–H groups in total. The quantitative estimate of drug-likeness (QED) is 0.255. The van der Waals surface area contributed by atoms with E-state index in [0.717, 1.165) is 28.6 Å². The fourth-order valence-corrected chi connectivity index (χ4v) is 6.26. The lowest BCUT2D eigenvalue weighted by atomic mass is 10.00. The van der Waals surface area contributed by atoms with Crippen LogP contribution in [0, 0.1) is 3.57 Å². The molecule has 3 aromatic carbocycles. The maximum atomic E-state index is 13.1. The molecule has 9 nitrogen and oxygen atoms in total. The van der Waals surface area contributed by atoms with Gasteiger partial charge >= 0.3 is 5.97 Å². The van der Waals surface area contributed by atoms with Crippen molar-refractivity contribution in [2.45, 2.75) is 19.6 Å². The molecule has 210 valence electrons. The molecule has 11 heteroatoms. The van der Waals surface area contributed by atoms with Gasteiger partial charge in [-0.15, -0.1) is 0 Å². The Morgan fingerprint density at radius 1 is 1.07 bits per heavy atom. The Labute approximate surface area is 254 Å². The van der Waals surface area contributed by atoms with Crippen molar-refractivity contribution in [1.82, 2.24) is 9.80 Å². The van der Waals surface area contributed by atoms with Crippen molar-refractivity contribution in [3.8, 4) is 11.5 Å². The van der Waals surface area contributed by atoms with Crippen LogP contribution in [0.4, 0.5) is 4.79 Å². The summed E-state index contributed by atoms with van der Waals surface area (Å²) >= 11 is 2.88. The second kappa shape index (κ2) is 12.4. The largest absolute Gasteiger partial charge is 0.493 e. The molecule has 1 fully saturated rings. The SMILES string of the molecule is COc1cc(/C=C2\SC(=O)N(CC(=O)N3CCc4ccccc4C3)C2=O)cc(I)c1OCc1cccc(C(=O)O)c1. The highest BCUT2D eigenvalue weighted by atomic mass is 127. The number of carbonyl (C=O) groups excluding carboxylic acids is 3. The third-order valence-corrected chi connectivity index (χ3v) is 8.47. The lowest BCUT2D eigenvalue weighted by Crippen LogP contribution is -2.44. The number of halogens is 1. The van der Waals surface area contributed by atoms with Gasteiger partial charge < -0.3 is 19.5 Å². The number of nitrogens with zero attached hydrogens (tertiary/aromatic N) is 2. The van der Waals surface area contributed by atoms with Crippen LogP contribution in [0.3, 0.4) is 0 Å². The minimum absolute atomic E-state index is 0.127. The predicted molar refractivity (Wildman–Crippen MR) is 162 cm³/mol. The Bertz CT molecular complexity index is 1590. The van der Waals surface area contributed by atoms with Gasteiger partial charge in [-0.2, -0.15) is 0 Å². The van der Waals surface area contributed by atoms with E-state index in [0.29, 0.717) is 39.3 Å². The van der Waals surface area contributed by atoms with Crippen LogP contribution >= 0.6 is 34.4 Å². The van der Waals surface area contributed by atoms with E-state index in [9.17, 15) is 24.3 Å². The van der Waals surface area contributed by atoms with Gasteiger partial charge in [-0.1, -0.05) is 36.4 Å². The third-order valence-electron chi connectivity index (χ3n) is 6.76. The van der Waals surface area contributed by atoms with E-state index >= 15 is 0 Å². The van der Waals surface area contributed by atoms with Gasteiger partial charge in [-0.05, 0) is 93.4 Å². The maximum Gasteiger partial charge on any atom is 0.335 e. The van der Waals surface area contributed by atoms with Crippen LogP contribution < -0.4 is 9.47 Å². The van der Waals surface area contributed by atoms with E-state index in [2.05, 4.69) is 22.6 Å². The van der Waals surface area contributed by atoms with Crippen molar-refractivity contribution in [2.75, 3.05) is 20.2 Å². The van der Waals surface area contributed by atoms with Crippen LogP contribution in [-0.2, 0) is 29.2 Å². The van der Waals surface area contributed by atoms with Crippen molar-refractivity contribution in [3.05, 3.63) is 97.0 Å². The first-order valence-electron chi connectivity index (χ1n) is 12.7. The fourth-order valence-electron chi connectivity index (χ4n) is 4.64. The topological polar surface area (TPSA) is 113 Å². The lowest BCUT2D eigenvalue weighted by Gasteiger charge is -2.29. The molecule has 0 saturated carbocycles. The van der Waals surface area contributed by atoms with Crippen LogP contribution in [0.15, 0.2) is 65.6 Å². The van der Waals surface area contributed by atoms with Crippen molar-refractivity contribution < 1.29 is 33.8 Å². The van der Waals surface area contributed by atoms with E-state index in [4.69, 9.17) is 9.47 Å². The molecule has 41 heavy (non-hydrogen) atoms. The number of amides is 3. The fraction of sp³-hybridized carbons (Fsp3) is 0.200. The zero-order valence-electron chi connectivity index (χ0n) is 22.0. The molecule has 1 saturated heterocycles. The standard InChI is InChI=1S/C30H25IN2O7S/c1-39-24-13-19(12-23(31)27(24)40-17-18-5-4-8-21(11-18)29(36)37)14-25-28(35)33(30(38)41-25)16-26(34)32-10-9-20-6-2-3-7-22(20)15-32/h2-8,11-14H,9-10,15-17H2,1H3,(H,36,37)/b25-14-. The minimum Gasteiger partial charge on any atom is -0.493 e. The minimum atomic E-state index is -1.02. The Morgan fingerprint density at radius 3 is 2.61 bits per heavy atom. The number of ether oxygens (including phenoxy) is 2. The summed E-state index contributed by atoms with van der Waals surface area (Å²) in [4.78, 5) is 53.0. The second-order valence-electron chi connectivity index (χ2n) is 9.43. The van der Waals surface area contributed by atoms with Crippen molar-refractivity contribution in [3.63, 3.8) is 0 Å². The van der Waals surface area contributed by atoms with Crippen molar-refractivity contribution in [2.24, 2.45) is 0 Å². The number of imide groups is 1. The summed E-state index contributed by atoms with van der Waals surface area (Å²) < 4.78 is 12.2. The van der Waals surface area contributed by atoms with Crippen LogP contribution in [0.5, 0.6) is 11.5 Å². The lowest BCUT2D eigenvalue weighted by molar-refractivity contribution is -0.136. The first-order valence-corrected chi connectivity index (χ1v) is 14.6. The van der Waals surface area contributed by atoms with Gasteiger partial charge in [-0.25, -0.2) is 4.79 Å². The first-order chi connectivity index (χ1) is 19.7. The average molecular weight is 685 g/mol. The van der Waals surface area contributed by atoms with Gasteiger partial charge in [0, 0.05) is 13.1 Å². The summed E-state index contributed by atoms with van der Waals surface area (Å²) in [6.07, 6.45) is 2.33. The second-order valence-corrected chi connectivity index (χ2v) is 11.6. The third kappa shape index (κ3) is 6.41. The van der Waals surface area contributed by atoms with Gasteiger partial charge in [0.25, 0.3) is 11.1 Å². The molecule has 0 spiro atoms. The molecule has 3 aromatic rings. The van der Waals surface area contributed by atoms with Crippen molar-refractivity contribution in [1.29, 1.82) is 0 Å². The van der Waals surface area contributed by atoms with E-state index in [-0.39, 0.29) is 29.5 Å². The molecule has 0 radical (unpaired) electrons. The van der Waals surface area contributed by atoms with Gasteiger partial charge in [-0.3, -0.25) is 19.3 Å². The molecule has 5 rings (SSSR count). The molecular formula is C30H25IN2O7S. The number of carbonyl (C=O) groups is 4. The number of hydrogen-bond acceptors (Lipinski definition) is 7. The zero-order valence-corrected chi connectivity index (χ0v) is 24.9. The smallest absolute Gasteiger partial charge is 0.335 e. The van der Waals surface area contributed by atoms with Gasteiger partial charge in [0.15, 0.2) is 11.5 Å². The molecule has 0 aromatic heterocycles. The highest BCUT2D eigenvalue weighted by molar-refractivity contribution is 14.1. The molecule has 2 aliphatic rings. The number of hydrogen-bond donors (Lipinski definition) is 1. The Morgan fingerprint density at radius 2 is 1.85 bits per heavy atom. The normalized spacial score (nSPS) is 15.7. The number of fused-ring (bicyclic) bond motifs is 1. The molecule has 2 heterocycles. The number of carboxylic acid groups (broad SMARTS) is 1.